The molecule has 0 spiro atoms. The van der Waals surface area contributed by atoms with Gasteiger partial charge in [-0.05, 0) is 111 Å². The zero-order valence-corrected chi connectivity index (χ0v) is 25.7. The van der Waals surface area contributed by atoms with E-state index in [2.05, 4.69) is 52.0 Å². The Morgan fingerprint density at radius 2 is 0.925 bits per heavy atom. The molecule has 1 aliphatic carbocycles. The normalized spacial score (nSPS) is 17.8. The first kappa shape index (κ1) is 31.9. The van der Waals surface area contributed by atoms with Crippen molar-refractivity contribution < 1.29 is 10.2 Å². The molecule has 1 aliphatic rings. The molecule has 220 valence electrons. The van der Waals surface area contributed by atoms with Crippen LogP contribution in [0.4, 0.5) is 0 Å². The van der Waals surface area contributed by atoms with Gasteiger partial charge in [0.1, 0.15) is 11.5 Å². The van der Waals surface area contributed by atoms with E-state index in [1.54, 1.807) is 0 Å². The fourth-order valence-corrected chi connectivity index (χ4v) is 5.67. The molecule has 2 aromatic carbocycles. The molecule has 0 aliphatic heterocycles. The van der Waals surface area contributed by atoms with Crippen LogP contribution >= 0.6 is 0 Å². The lowest BCUT2D eigenvalue weighted by Gasteiger charge is -2.23. The number of benzene rings is 2. The molecule has 1 saturated carbocycles. The van der Waals surface area contributed by atoms with Crippen LogP contribution in [0.2, 0.25) is 0 Å². The smallest absolute Gasteiger partial charge is 0.127 e. The average molecular weight is 547 g/mol. The highest BCUT2D eigenvalue weighted by Crippen LogP contribution is 2.29. The largest absolute Gasteiger partial charge is 0.507 e. The maximum atomic E-state index is 10.9. The third kappa shape index (κ3) is 9.78. The Hall–Kier alpha value is -2.62. The molecule has 0 atom stereocenters. The summed E-state index contributed by atoms with van der Waals surface area (Å²) in [6.07, 6.45) is 20.9. The molecule has 0 radical (unpaired) electrons. The topological polar surface area (TPSA) is 65.2 Å². The Morgan fingerprint density at radius 1 is 0.575 bits per heavy atom. The number of hydrogen-bond donors (Lipinski definition) is 2. The van der Waals surface area contributed by atoms with E-state index < -0.39 is 0 Å². The van der Waals surface area contributed by atoms with Gasteiger partial charge in [-0.15, -0.1) is 0 Å². The zero-order chi connectivity index (χ0) is 28.7. The van der Waals surface area contributed by atoms with Gasteiger partial charge in [0.05, 0.1) is 12.1 Å². The van der Waals surface area contributed by atoms with Crippen LogP contribution in [0.5, 0.6) is 11.5 Å². The van der Waals surface area contributed by atoms with Crippen molar-refractivity contribution in [1.82, 2.24) is 0 Å². The monoisotopic (exact) mass is 546 g/mol. The highest BCUT2D eigenvalue weighted by molar-refractivity contribution is 5.85. The van der Waals surface area contributed by atoms with Gasteiger partial charge in [0.2, 0.25) is 0 Å². The zero-order valence-electron chi connectivity index (χ0n) is 25.7. The highest BCUT2D eigenvalue weighted by atomic mass is 16.3. The summed E-state index contributed by atoms with van der Waals surface area (Å²) in [6.45, 7) is 8.83. The van der Waals surface area contributed by atoms with Crippen molar-refractivity contribution in [2.24, 2.45) is 9.98 Å². The lowest BCUT2D eigenvalue weighted by atomic mass is 9.91. The molecule has 2 aromatic rings. The predicted molar refractivity (Wildman–Crippen MR) is 172 cm³/mol. The number of hydrogen-bond acceptors (Lipinski definition) is 4. The van der Waals surface area contributed by atoms with Gasteiger partial charge in [0.25, 0.3) is 0 Å². The minimum absolute atomic E-state index is 0.274. The van der Waals surface area contributed by atoms with E-state index in [4.69, 9.17) is 9.98 Å². The average Bonchev–Trinajstić information content (AvgIpc) is 2.97. The van der Waals surface area contributed by atoms with E-state index in [0.717, 1.165) is 99.3 Å². The maximum absolute atomic E-state index is 10.9. The Kier molecular flexibility index (Phi) is 13.8. The molecule has 0 amide bonds. The van der Waals surface area contributed by atoms with Crippen molar-refractivity contribution in [1.29, 1.82) is 0 Å². The standard InChI is InChI=1S/C36H54N2O2/c1-5-9-13-27-21-29(15-11-7-3)35(39)31(23-27)25-37-33-17-19-34(20-18-33)38-26-32-24-28(14-10-6-2)22-30(36(32)40)16-12-8-4/h21-26,33-34,39-40H,5-20H2,1-4H3. The number of unbranched alkanes of at least 4 members (excludes halogenated alkanes) is 4. The number of rotatable bonds is 16. The van der Waals surface area contributed by atoms with Crippen LogP contribution in [0.3, 0.4) is 0 Å². The van der Waals surface area contributed by atoms with Crippen molar-refractivity contribution in [3.63, 3.8) is 0 Å². The van der Waals surface area contributed by atoms with Crippen LogP contribution < -0.4 is 0 Å². The third-order valence-electron chi connectivity index (χ3n) is 8.31. The molecule has 40 heavy (non-hydrogen) atoms. The summed E-state index contributed by atoms with van der Waals surface area (Å²) in [4.78, 5) is 9.85. The molecule has 2 N–H and O–H groups in total. The van der Waals surface area contributed by atoms with Gasteiger partial charge in [-0.3, -0.25) is 9.98 Å². The molecule has 4 nitrogen and oxygen atoms in total. The molecule has 0 saturated heterocycles. The quantitative estimate of drug-likeness (QED) is 0.206. The first-order valence-electron chi connectivity index (χ1n) is 16.2. The second kappa shape index (κ2) is 17.3. The van der Waals surface area contributed by atoms with Crippen molar-refractivity contribution in [3.05, 3.63) is 57.6 Å². The minimum atomic E-state index is 0.274. The van der Waals surface area contributed by atoms with Gasteiger partial charge in [0, 0.05) is 23.6 Å². The second-order valence-corrected chi connectivity index (χ2v) is 11.8. The summed E-state index contributed by atoms with van der Waals surface area (Å²) in [7, 11) is 0. The Balaban J connectivity index is 1.65. The highest BCUT2D eigenvalue weighted by Gasteiger charge is 2.20. The van der Waals surface area contributed by atoms with Crippen molar-refractivity contribution in [2.45, 2.75) is 143 Å². The van der Waals surface area contributed by atoms with Gasteiger partial charge in [-0.1, -0.05) is 65.5 Å². The summed E-state index contributed by atoms with van der Waals surface area (Å²) >= 11 is 0. The molecular formula is C36H54N2O2. The molecular weight excluding hydrogens is 492 g/mol. The molecule has 4 heteroatoms. The summed E-state index contributed by atoms with van der Waals surface area (Å²) in [5.41, 5.74) is 6.49. The van der Waals surface area contributed by atoms with E-state index in [1.165, 1.54) is 36.8 Å². The first-order chi connectivity index (χ1) is 19.5. The van der Waals surface area contributed by atoms with Gasteiger partial charge in [-0.2, -0.15) is 0 Å². The summed E-state index contributed by atoms with van der Waals surface area (Å²) in [5, 5.41) is 21.9. The van der Waals surface area contributed by atoms with E-state index in [9.17, 15) is 10.2 Å². The van der Waals surface area contributed by atoms with Gasteiger partial charge in [0.15, 0.2) is 0 Å². The SMILES string of the molecule is CCCCc1cc(C=NC2CCC(N=Cc3cc(CCCC)cc(CCCC)c3O)CC2)c(O)c(CCCC)c1. The predicted octanol–water partition coefficient (Wildman–Crippen LogP) is 9.32. The van der Waals surface area contributed by atoms with Crippen molar-refractivity contribution in [3.8, 4) is 11.5 Å². The van der Waals surface area contributed by atoms with Crippen LogP contribution in [0.15, 0.2) is 34.3 Å². The number of aliphatic imine (C=N–C) groups is 2. The van der Waals surface area contributed by atoms with Gasteiger partial charge in [-0.25, -0.2) is 0 Å². The Labute approximate surface area is 244 Å². The molecule has 0 aromatic heterocycles. The molecule has 0 unspecified atom stereocenters. The number of phenols is 2. The van der Waals surface area contributed by atoms with Gasteiger partial charge >= 0.3 is 0 Å². The molecule has 1 fully saturated rings. The lowest BCUT2D eigenvalue weighted by molar-refractivity contribution is 0.399. The lowest BCUT2D eigenvalue weighted by Crippen LogP contribution is -2.20. The maximum Gasteiger partial charge on any atom is 0.127 e. The van der Waals surface area contributed by atoms with E-state index in [-0.39, 0.29) is 12.1 Å². The van der Waals surface area contributed by atoms with Crippen LogP contribution in [0.1, 0.15) is 138 Å². The first-order valence-corrected chi connectivity index (χ1v) is 16.2. The van der Waals surface area contributed by atoms with Crippen molar-refractivity contribution in [2.75, 3.05) is 0 Å². The van der Waals surface area contributed by atoms with E-state index in [1.807, 2.05) is 12.4 Å². The number of aromatic hydroxyl groups is 2. The second-order valence-electron chi connectivity index (χ2n) is 11.8. The van der Waals surface area contributed by atoms with Crippen molar-refractivity contribution >= 4 is 12.4 Å². The van der Waals surface area contributed by atoms with Crippen LogP contribution in [-0.4, -0.2) is 34.7 Å². The molecule has 0 heterocycles. The van der Waals surface area contributed by atoms with Gasteiger partial charge < -0.3 is 10.2 Å². The fourth-order valence-electron chi connectivity index (χ4n) is 5.67. The Bertz CT molecular complexity index is 1010. The summed E-state index contributed by atoms with van der Waals surface area (Å²) in [6, 6.07) is 9.22. The number of aryl methyl sites for hydroxylation is 4. The summed E-state index contributed by atoms with van der Waals surface area (Å²) < 4.78 is 0. The molecule has 3 rings (SSSR count). The number of phenolic OH excluding ortho intramolecular Hbond substituents is 2. The third-order valence-corrected chi connectivity index (χ3v) is 8.31. The van der Waals surface area contributed by atoms with E-state index in [0.29, 0.717) is 11.5 Å². The number of nitrogens with zero attached hydrogens (tertiary/aromatic N) is 2. The van der Waals surface area contributed by atoms with Crippen LogP contribution in [-0.2, 0) is 25.7 Å². The van der Waals surface area contributed by atoms with Crippen LogP contribution in [0, 0.1) is 0 Å². The van der Waals surface area contributed by atoms with Crippen LogP contribution in [0.25, 0.3) is 0 Å². The van der Waals surface area contributed by atoms with E-state index >= 15 is 0 Å². The minimum Gasteiger partial charge on any atom is -0.507 e. The Morgan fingerprint density at radius 3 is 1.27 bits per heavy atom. The fraction of sp³-hybridized carbons (Fsp3) is 0.611. The summed E-state index contributed by atoms with van der Waals surface area (Å²) in [5.74, 6) is 0.824. The molecule has 0 bridgehead atoms.